The van der Waals surface area contributed by atoms with Crippen LogP contribution >= 0.6 is 11.3 Å². The molecule has 0 spiro atoms. The van der Waals surface area contributed by atoms with Gasteiger partial charge in [0, 0.05) is 26.2 Å². The summed E-state index contributed by atoms with van der Waals surface area (Å²) in [6.45, 7) is 6.43. The number of hydrogen-bond acceptors (Lipinski definition) is 5. The molecule has 1 aromatic heterocycles. The molecule has 84 valence electrons. The monoisotopic (exact) mass is 226 g/mol. The van der Waals surface area contributed by atoms with E-state index in [9.17, 15) is 0 Å². The smallest absolute Gasteiger partial charge is 0.182 e. The largest absolute Gasteiger partial charge is 0.375 e. The Morgan fingerprint density at radius 3 is 2.87 bits per heavy atom. The van der Waals surface area contributed by atoms with E-state index < -0.39 is 0 Å². The molecule has 2 heterocycles. The standard InChI is InChI=1S/C10H18N4S/c1-2-3-8-9(15-10(11)13-8)14-6-4-12-5-7-14/h12H,2-7H2,1H3,(H2,11,13). The third-order valence-electron chi connectivity index (χ3n) is 2.58. The number of thiazole rings is 1. The first-order valence-corrected chi connectivity index (χ1v) is 6.33. The highest BCUT2D eigenvalue weighted by molar-refractivity contribution is 7.19. The molecule has 0 unspecified atom stereocenters. The van der Waals surface area contributed by atoms with Crippen molar-refractivity contribution >= 4 is 21.5 Å². The fraction of sp³-hybridized carbons (Fsp3) is 0.700. The lowest BCUT2D eigenvalue weighted by Crippen LogP contribution is -2.43. The van der Waals surface area contributed by atoms with E-state index in [1.165, 1.54) is 10.7 Å². The molecule has 4 nitrogen and oxygen atoms in total. The molecule has 0 aromatic carbocycles. The third-order valence-corrected chi connectivity index (χ3v) is 3.57. The van der Waals surface area contributed by atoms with E-state index in [2.05, 4.69) is 22.1 Å². The van der Waals surface area contributed by atoms with Crippen LogP contribution in [0, 0.1) is 0 Å². The number of nitrogen functional groups attached to an aromatic ring is 1. The molecule has 0 amide bonds. The lowest BCUT2D eigenvalue weighted by molar-refractivity contribution is 0.590. The number of nitrogens with one attached hydrogen (secondary N) is 1. The molecule has 1 saturated heterocycles. The van der Waals surface area contributed by atoms with Gasteiger partial charge in [-0.2, -0.15) is 0 Å². The van der Waals surface area contributed by atoms with Crippen molar-refractivity contribution in [2.24, 2.45) is 0 Å². The maximum atomic E-state index is 5.78. The SMILES string of the molecule is CCCc1nc(N)sc1N1CCNCC1. The molecule has 0 bridgehead atoms. The Labute approximate surface area is 94.5 Å². The van der Waals surface area contributed by atoms with Crippen LogP contribution in [0.5, 0.6) is 0 Å². The van der Waals surface area contributed by atoms with E-state index in [1.807, 2.05) is 0 Å². The number of hydrogen-bond donors (Lipinski definition) is 2. The van der Waals surface area contributed by atoms with Crippen molar-refractivity contribution in [1.82, 2.24) is 10.3 Å². The van der Waals surface area contributed by atoms with Crippen molar-refractivity contribution in [3.05, 3.63) is 5.69 Å². The molecule has 0 aliphatic carbocycles. The van der Waals surface area contributed by atoms with Crippen LogP contribution in [-0.2, 0) is 6.42 Å². The molecule has 15 heavy (non-hydrogen) atoms. The number of piperazine rings is 1. The van der Waals surface area contributed by atoms with Gasteiger partial charge in [0.15, 0.2) is 5.13 Å². The Morgan fingerprint density at radius 1 is 1.47 bits per heavy atom. The maximum absolute atomic E-state index is 5.78. The Balaban J connectivity index is 2.17. The van der Waals surface area contributed by atoms with Gasteiger partial charge in [0.05, 0.1) is 5.69 Å². The second kappa shape index (κ2) is 4.81. The molecule has 1 aliphatic rings. The zero-order chi connectivity index (χ0) is 10.7. The van der Waals surface area contributed by atoms with Gasteiger partial charge >= 0.3 is 0 Å². The number of aromatic nitrogens is 1. The first-order chi connectivity index (χ1) is 7.31. The van der Waals surface area contributed by atoms with Gasteiger partial charge in [-0.1, -0.05) is 24.7 Å². The van der Waals surface area contributed by atoms with Crippen molar-refractivity contribution in [3.8, 4) is 0 Å². The average Bonchev–Trinajstić information content (AvgIpc) is 2.62. The van der Waals surface area contributed by atoms with E-state index >= 15 is 0 Å². The molecule has 0 saturated carbocycles. The van der Waals surface area contributed by atoms with Gasteiger partial charge in [-0.05, 0) is 6.42 Å². The van der Waals surface area contributed by atoms with Gasteiger partial charge in [0.25, 0.3) is 0 Å². The molecular formula is C10H18N4S. The Bertz CT molecular complexity index is 317. The predicted molar refractivity (Wildman–Crippen MR) is 65.6 cm³/mol. The normalized spacial score (nSPS) is 17.0. The van der Waals surface area contributed by atoms with E-state index in [1.54, 1.807) is 11.3 Å². The van der Waals surface area contributed by atoms with Crippen molar-refractivity contribution < 1.29 is 0 Å². The van der Waals surface area contributed by atoms with Crippen LogP contribution in [0.15, 0.2) is 0 Å². The van der Waals surface area contributed by atoms with Crippen LogP contribution in [0.3, 0.4) is 0 Å². The Morgan fingerprint density at radius 2 is 2.20 bits per heavy atom. The van der Waals surface area contributed by atoms with Crippen molar-refractivity contribution in [2.75, 3.05) is 36.8 Å². The van der Waals surface area contributed by atoms with E-state index in [0.29, 0.717) is 5.13 Å². The predicted octanol–water partition coefficient (Wildman–Crippen LogP) is 1.09. The first kappa shape index (κ1) is 10.7. The first-order valence-electron chi connectivity index (χ1n) is 5.52. The van der Waals surface area contributed by atoms with Crippen molar-refractivity contribution in [1.29, 1.82) is 0 Å². The molecule has 0 radical (unpaired) electrons. The molecule has 5 heteroatoms. The average molecular weight is 226 g/mol. The molecule has 3 N–H and O–H groups in total. The minimum atomic E-state index is 0.701. The zero-order valence-corrected chi connectivity index (χ0v) is 9.94. The summed E-state index contributed by atoms with van der Waals surface area (Å²) in [5.74, 6) is 0. The number of nitrogens with zero attached hydrogens (tertiary/aromatic N) is 2. The Kier molecular flexibility index (Phi) is 3.43. The topological polar surface area (TPSA) is 54.2 Å². The van der Waals surface area contributed by atoms with E-state index in [0.717, 1.165) is 39.0 Å². The highest BCUT2D eigenvalue weighted by Crippen LogP contribution is 2.31. The minimum absolute atomic E-state index is 0.701. The molecule has 2 rings (SSSR count). The summed E-state index contributed by atoms with van der Waals surface area (Å²) < 4.78 is 0. The lowest BCUT2D eigenvalue weighted by Gasteiger charge is -2.28. The van der Waals surface area contributed by atoms with Crippen molar-refractivity contribution in [2.45, 2.75) is 19.8 Å². The molecule has 1 aromatic rings. The fourth-order valence-electron chi connectivity index (χ4n) is 1.88. The number of rotatable bonds is 3. The number of nitrogens with two attached hydrogens (primary N) is 1. The summed E-state index contributed by atoms with van der Waals surface area (Å²) in [5, 5.41) is 5.34. The number of anilines is 2. The summed E-state index contributed by atoms with van der Waals surface area (Å²) in [5.41, 5.74) is 6.96. The van der Waals surface area contributed by atoms with Crippen LogP contribution in [0.25, 0.3) is 0 Å². The highest BCUT2D eigenvalue weighted by atomic mass is 32.1. The minimum Gasteiger partial charge on any atom is -0.375 e. The van der Waals surface area contributed by atoms with Crippen LogP contribution in [0.4, 0.5) is 10.1 Å². The molecule has 1 aliphatic heterocycles. The van der Waals surface area contributed by atoms with E-state index in [-0.39, 0.29) is 0 Å². The lowest BCUT2D eigenvalue weighted by atomic mass is 10.2. The van der Waals surface area contributed by atoms with Crippen LogP contribution in [0.2, 0.25) is 0 Å². The zero-order valence-electron chi connectivity index (χ0n) is 9.12. The summed E-state index contributed by atoms with van der Waals surface area (Å²) in [4.78, 5) is 6.81. The number of aryl methyl sites for hydroxylation is 1. The maximum Gasteiger partial charge on any atom is 0.182 e. The van der Waals surface area contributed by atoms with Gasteiger partial charge in [0.2, 0.25) is 0 Å². The summed E-state index contributed by atoms with van der Waals surface area (Å²) >= 11 is 1.63. The second-order valence-corrected chi connectivity index (χ2v) is 4.80. The van der Waals surface area contributed by atoms with Crippen LogP contribution in [-0.4, -0.2) is 31.2 Å². The molecule has 1 fully saturated rings. The Hall–Kier alpha value is -0.810. The second-order valence-electron chi connectivity index (χ2n) is 3.79. The quantitative estimate of drug-likeness (QED) is 0.810. The fourth-order valence-corrected chi connectivity index (χ4v) is 2.81. The van der Waals surface area contributed by atoms with Gasteiger partial charge in [-0.15, -0.1) is 0 Å². The van der Waals surface area contributed by atoms with Gasteiger partial charge in [-0.3, -0.25) is 0 Å². The van der Waals surface area contributed by atoms with Crippen LogP contribution in [0.1, 0.15) is 19.0 Å². The van der Waals surface area contributed by atoms with Gasteiger partial charge in [0.1, 0.15) is 5.00 Å². The summed E-state index contributed by atoms with van der Waals surface area (Å²) in [6, 6.07) is 0. The van der Waals surface area contributed by atoms with Gasteiger partial charge < -0.3 is 16.0 Å². The van der Waals surface area contributed by atoms with Crippen LogP contribution < -0.4 is 16.0 Å². The van der Waals surface area contributed by atoms with E-state index in [4.69, 9.17) is 5.73 Å². The van der Waals surface area contributed by atoms with Crippen molar-refractivity contribution in [3.63, 3.8) is 0 Å². The molecular weight excluding hydrogens is 208 g/mol. The summed E-state index contributed by atoms with van der Waals surface area (Å²) in [7, 11) is 0. The van der Waals surface area contributed by atoms with Gasteiger partial charge in [-0.25, -0.2) is 4.98 Å². The highest BCUT2D eigenvalue weighted by Gasteiger charge is 2.17. The molecule has 0 atom stereocenters. The third kappa shape index (κ3) is 2.41. The summed E-state index contributed by atoms with van der Waals surface area (Å²) in [6.07, 6.45) is 2.16.